The molecular formula is C33H34N2O6. The van der Waals surface area contributed by atoms with Crippen molar-refractivity contribution < 1.29 is 28.5 Å². The van der Waals surface area contributed by atoms with E-state index in [0.29, 0.717) is 35.9 Å². The number of likely N-dealkylation sites (N-methyl/N-ethyl adjacent to an activating group) is 1. The van der Waals surface area contributed by atoms with Crippen LogP contribution in [0, 0.1) is 0 Å². The van der Waals surface area contributed by atoms with Crippen LogP contribution in [0.3, 0.4) is 0 Å². The molecule has 4 aromatic rings. The second-order valence-corrected chi connectivity index (χ2v) is 9.31. The van der Waals surface area contributed by atoms with Crippen LogP contribution in [-0.4, -0.2) is 51.8 Å². The number of carbonyl (C=O) groups is 2. The molecule has 1 N–H and O–H groups in total. The molecule has 8 nitrogen and oxygen atoms in total. The topological polar surface area (TPSA) is 86.3 Å². The molecule has 0 bridgehead atoms. The maximum Gasteiger partial charge on any atom is 0.341 e. The van der Waals surface area contributed by atoms with Crippen molar-refractivity contribution in [2.75, 3.05) is 40.2 Å². The Morgan fingerprint density at radius 3 is 1.95 bits per heavy atom. The van der Waals surface area contributed by atoms with Crippen LogP contribution in [0.1, 0.15) is 33.2 Å². The Kier molecular flexibility index (Phi) is 9.83. The average Bonchev–Trinajstić information content (AvgIpc) is 3.03. The number of carbonyl (C=O) groups excluding carboxylic acids is 2. The van der Waals surface area contributed by atoms with Crippen molar-refractivity contribution >= 4 is 17.7 Å². The number of hydrogen-bond acceptors (Lipinski definition) is 6. The zero-order valence-electron chi connectivity index (χ0n) is 23.6. The van der Waals surface area contributed by atoms with Gasteiger partial charge in [-0.1, -0.05) is 66.7 Å². The summed E-state index contributed by atoms with van der Waals surface area (Å²) in [5, 5.41) is 2.86. The molecule has 0 aliphatic heterocycles. The maximum atomic E-state index is 13.0. The van der Waals surface area contributed by atoms with Gasteiger partial charge in [-0.15, -0.1) is 0 Å². The van der Waals surface area contributed by atoms with Crippen LogP contribution in [0.25, 0.3) is 0 Å². The number of nitrogens with one attached hydrogen (secondary N) is 1. The predicted octanol–water partition coefficient (Wildman–Crippen LogP) is 6.37. The summed E-state index contributed by atoms with van der Waals surface area (Å²) in [6.45, 7) is 0.461. The molecule has 0 aliphatic carbocycles. The van der Waals surface area contributed by atoms with Gasteiger partial charge in [0.05, 0.1) is 21.3 Å². The van der Waals surface area contributed by atoms with Crippen LogP contribution < -0.4 is 19.5 Å². The van der Waals surface area contributed by atoms with Crippen molar-refractivity contribution in [2.24, 2.45) is 0 Å². The molecule has 0 heterocycles. The van der Waals surface area contributed by atoms with E-state index >= 15 is 0 Å². The fourth-order valence-corrected chi connectivity index (χ4v) is 4.34. The highest BCUT2D eigenvalue weighted by Crippen LogP contribution is 2.32. The molecular weight excluding hydrogens is 520 g/mol. The standard InChI is InChI=1S/C33H34N2O6/c1-35(20-19-23-15-17-29(38-2)30(21-23)39-3)33(37)34-26-16-18-28(27(22-26)32(36)40-4)41-31(24-11-7-5-8-12-24)25-13-9-6-10-14-25/h5-18,21-22,31H,19-20H2,1-4H3,(H,34,37). The third-order valence-corrected chi connectivity index (χ3v) is 6.62. The monoisotopic (exact) mass is 554 g/mol. The van der Waals surface area contributed by atoms with Gasteiger partial charge in [0.1, 0.15) is 17.4 Å². The normalized spacial score (nSPS) is 10.6. The van der Waals surface area contributed by atoms with Crippen molar-refractivity contribution in [1.82, 2.24) is 4.90 Å². The first-order chi connectivity index (χ1) is 19.9. The molecule has 2 amide bonds. The van der Waals surface area contributed by atoms with Gasteiger partial charge >= 0.3 is 12.0 Å². The van der Waals surface area contributed by atoms with E-state index in [-0.39, 0.29) is 11.6 Å². The van der Waals surface area contributed by atoms with Crippen molar-refractivity contribution in [3.8, 4) is 17.2 Å². The van der Waals surface area contributed by atoms with Crippen molar-refractivity contribution in [2.45, 2.75) is 12.5 Å². The van der Waals surface area contributed by atoms with E-state index in [2.05, 4.69) is 5.32 Å². The Morgan fingerprint density at radius 1 is 0.756 bits per heavy atom. The van der Waals surface area contributed by atoms with E-state index in [4.69, 9.17) is 18.9 Å². The van der Waals surface area contributed by atoms with Crippen LogP contribution >= 0.6 is 0 Å². The van der Waals surface area contributed by atoms with Gasteiger partial charge < -0.3 is 29.2 Å². The number of esters is 1. The highest BCUT2D eigenvalue weighted by molar-refractivity contribution is 5.96. The van der Waals surface area contributed by atoms with E-state index in [9.17, 15) is 9.59 Å². The molecule has 41 heavy (non-hydrogen) atoms. The SMILES string of the molecule is COC(=O)c1cc(NC(=O)N(C)CCc2ccc(OC)c(OC)c2)ccc1OC(c1ccccc1)c1ccccc1. The number of methoxy groups -OCH3 is 3. The molecule has 212 valence electrons. The first kappa shape index (κ1) is 29.0. The molecule has 4 rings (SSSR count). The fraction of sp³-hybridized carbons (Fsp3) is 0.212. The van der Waals surface area contributed by atoms with Crippen LogP contribution in [0.5, 0.6) is 17.2 Å². The van der Waals surface area contributed by atoms with Crippen LogP contribution in [0.4, 0.5) is 10.5 Å². The van der Waals surface area contributed by atoms with Crippen LogP contribution in [0.2, 0.25) is 0 Å². The zero-order chi connectivity index (χ0) is 29.2. The number of benzene rings is 4. The van der Waals surface area contributed by atoms with Gasteiger partial charge in [-0.3, -0.25) is 0 Å². The lowest BCUT2D eigenvalue weighted by molar-refractivity contribution is 0.0594. The van der Waals surface area contributed by atoms with E-state index in [1.807, 2.05) is 78.9 Å². The molecule has 0 radical (unpaired) electrons. The van der Waals surface area contributed by atoms with E-state index < -0.39 is 12.1 Å². The van der Waals surface area contributed by atoms with Gasteiger partial charge in [-0.05, 0) is 53.4 Å². The third kappa shape index (κ3) is 7.36. The smallest absolute Gasteiger partial charge is 0.341 e. The molecule has 0 aliphatic rings. The summed E-state index contributed by atoms with van der Waals surface area (Å²) in [7, 11) is 6.19. The first-order valence-corrected chi connectivity index (χ1v) is 13.2. The Hall–Kier alpha value is -4.98. The Bertz CT molecular complexity index is 1420. The minimum atomic E-state index is -0.572. The molecule has 0 saturated heterocycles. The summed E-state index contributed by atoms with van der Waals surface area (Å²) >= 11 is 0. The van der Waals surface area contributed by atoms with Crippen molar-refractivity contribution in [1.29, 1.82) is 0 Å². The van der Waals surface area contributed by atoms with E-state index in [0.717, 1.165) is 16.7 Å². The fourth-order valence-electron chi connectivity index (χ4n) is 4.34. The molecule has 4 aromatic carbocycles. The number of hydrogen-bond donors (Lipinski definition) is 1. The number of rotatable bonds is 11. The Morgan fingerprint density at radius 2 is 1.37 bits per heavy atom. The van der Waals surface area contributed by atoms with Gasteiger partial charge in [-0.2, -0.15) is 0 Å². The highest BCUT2D eigenvalue weighted by atomic mass is 16.5. The summed E-state index contributed by atoms with van der Waals surface area (Å²) in [5.41, 5.74) is 3.51. The minimum Gasteiger partial charge on any atom is -0.493 e. The molecule has 0 atom stereocenters. The zero-order valence-corrected chi connectivity index (χ0v) is 23.6. The van der Waals surface area contributed by atoms with Gasteiger partial charge in [0.15, 0.2) is 11.5 Å². The van der Waals surface area contributed by atoms with Gasteiger partial charge in [-0.25, -0.2) is 9.59 Å². The maximum absolute atomic E-state index is 13.0. The lowest BCUT2D eigenvalue weighted by Gasteiger charge is -2.22. The van der Waals surface area contributed by atoms with Gasteiger partial charge in [0.2, 0.25) is 0 Å². The first-order valence-electron chi connectivity index (χ1n) is 13.2. The van der Waals surface area contributed by atoms with Crippen molar-refractivity contribution in [3.63, 3.8) is 0 Å². The van der Waals surface area contributed by atoms with Gasteiger partial charge in [0.25, 0.3) is 0 Å². The highest BCUT2D eigenvalue weighted by Gasteiger charge is 2.22. The van der Waals surface area contributed by atoms with E-state index in [1.165, 1.54) is 7.11 Å². The Labute approximate surface area is 240 Å². The molecule has 0 spiro atoms. The number of nitrogens with zero attached hydrogens (tertiary/aromatic N) is 1. The van der Waals surface area contributed by atoms with Crippen molar-refractivity contribution in [3.05, 3.63) is 119 Å². The second kappa shape index (κ2) is 13.9. The summed E-state index contributed by atoms with van der Waals surface area (Å²) in [5.74, 6) is 1.05. The van der Waals surface area contributed by atoms with Crippen LogP contribution in [0.15, 0.2) is 97.1 Å². The van der Waals surface area contributed by atoms with Gasteiger partial charge in [0, 0.05) is 19.3 Å². The largest absolute Gasteiger partial charge is 0.493 e. The number of ether oxygens (including phenoxy) is 4. The summed E-state index contributed by atoms with van der Waals surface area (Å²) in [6.07, 6.45) is 0.161. The average molecular weight is 555 g/mol. The number of anilines is 1. The third-order valence-electron chi connectivity index (χ3n) is 6.62. The molecule has 8 heteroatoms. The quantitative estimate of drug-likeness (QED) is 0.217. The predicted molar refractivity (Wildman–Crippen MR) is 158 cm³/mol. The summed E-state index contributed by atoms with van der Waals surface area (Å²) in [6, 6.07) is 29.8. The summed E-state index contributed by atoms with van der Waals surface area (Å²) < 4.78 is 22.1. The lowest BCUT2D eigenvalue weighted by atomic mass is 10.0. The summed E-state index contributed by atoms with van der Waals surface area (Å²) in [4.78, 5) is 27.3. The Balaban J connectivity index is 1.50. The lowest BCUT2D eigenvalue weighted by Crippen LogP contribution is -2.33. The number of urea groups is 1. The minimum absolute atomic E-state index is 0.204. The number of amides is 2. The van der Waals surface area contributed by atoms with Crippen LogP contribution in [-0.2, 0) is 11.2 Å². The van der Waals surface area contributed by atoms with E-state index in [1.54, 1.807) is 44.4 Å². The molecule has 0 saturated carbocycles. The molecule has 0 unspecified atom stereocenters. The molecule has 0 fully saturated rings. The molecule has 0 aromatic heterocycles. The second-order valence-electron chi connectivity index (χ2n) is 9.31.